The average Bonchev–Trinajstić information content (AvgIpc) is 2.60. The van der Waals surface area contributed by atoms with Crippen molar-refractivity contribution in [3.05, 3.63) is 46.1 Å². The Hall–Kier alpha value is -2.15. The molecule has 1 aliphatic rings. The van der Waals surface area contributed by atoms with Gasteiger partial charge in [-0.3, -0.25) is 19.9 Å². The second kappa shape index (κ2) is 6.54. The lowest BCUT2D eigenvalue weighted by atomic mass is 10.1. The number of thioether (sulfide) groups is 1. The first kappa shape index (κ1) is 15.7. The van der Waals surface area contributed by atoms with Crippen LogP contribution in [0.2, 0.25) is 0 Å². The van der Waals surface area contributed by atoms with Gasteiger partial charge in [-0.25, -0.2) is 0 Å². The van der Waals surface area contributed by atoms with Crippen LogP contribution in [0.5, 0.6) is 0 Å². The van der Waals surface area contributed by atoms with Crippen LogP contribution in [0.3, 0.4) is 0 Å². The van der Waals surface area contributed by atoms with E-state index >= 15 is 0 Å². The minimum atomic E-state index is -0.442. The summed E-state index contributed by atoms with van der Waals surface area (Å²) in [6.45, 7) is 3.53. The number of benzene rings is 1. The van der Waals surface area contributed by atoms with Gasteiger partial charge in [0, 0.05) is 36.4 Å². The molecule has 0 N–H and O–H groups in total. The Balaban J connectivity index is 2.01. The Morgan fingerprint density at radius 1 is 1.48 bits per heavy atom. The van der Waals surface area contributed by atoms with E-state index < -0.39 is 4.92 Å². The number of non-ortho nitro benzene ring substituents is 1. The first-order valence-corrected chi connectivity index (χ1v) is 8.59. The first-order chi connectivity index (χ1) is 11.1. The van der Waals surface area contributed by atoms with E-state index in [4.69, 9.17) is 0 Å². The van der Waals surface area contributed by atoms with E-state index in [1.54, 1.807) is 18.3 Å². The molecule has 0 bridgehead atoms. The molecule has 1 aromatic carbocycles. The van der Waals surface area contributed by atoms with Crippen LogP contribution in [-0.4, -0.2) is 44.8 Å². The Bertz CT molecular complexity index is 765. The van der Waals surface area contributed by atoms with Gasteiger partial charge in [0.05, 0.1) is 21.4 Å². The second-order valence-electron chi connectivity index (χ2n) is 5.44. The minimum Gasteiger partial charge on any atom is -0.337 e. The largest absolute Gasteiger partial charge is 0.337 e. The van der Waals surface area contributed by atoms with Crippen molar-refractivity contribution in [2.24, 2.45) is 0 Å². The molecule has 0 spiro atoms. The predicted octanol–water partition coefficient (Wildman–Crippen LogP) is 3.11. The lowest BCUT2D eigenvalue weighted by Crippen LogP contribution is -2.41. The number of carbonyl (C=O) groups is 1. The van der Waals surface area contributed by atoms with Gasteiger partial charge in [0.15, 0.2) is 0 Å². The third-order valence-electron chi connectivity index (χ3n) is 4.06. The summed E-state index contributed by atoms with van der Waals surface area (Å²) in [5, 5.41) is 12.0. The molecule has 1 atom stereocenters. The molecule has 120 valence electrons. The zero-order chi connectivity index (χ0) is 16.4. The number of hydrogen-bond donors (Lipinski definition) is 0. The van der Waals surface area contributed by atoms with Crippen LogP contribution in [0.15, 0.2) is 30.5 Å². The van der Waals surface area contributed by atoms with Gasteiger partial charge in [-0.2, -0.15) is 11.8 Å². The monoisotopic (exact) mass is 331 g/mol. The van der Waals surface area contributed by atoms with Crippen molar-refractivity contribution in [1.82, 2.24) is 9.88 Å². The van der Waals surface area contributed by atoms with Crippen molar-refractivity contribution in [1.29, 1.82) is 0 Å². The number of hydrogen-bond acceptors (Lipinski definition) is 5. The maximum atomic E-state index is 12.9. The van der Waals surface area contributed by atoms with Crippen LogP contribution in [-0.2, 0) is 0 Å². The summed E-state index contributed by atoms with van der Waals surface area (Å²) >= 11 is 1.89. The lowest BCUT2D eigenvalue weighted by molar-refractivity contribution is -0.383. The van der Waals surface area contributed by atoms with Crippen LogP contribution in [0.1, 0.15) is 23.7 Å². The van der Waals surface area contributed by atoms with E-state index in [2.05, 4.69) is 11.9 Å². The topological polar surface area (TPSA) is 76.3 Å². The van der Waals surface area contributed by atoms with Crippen LogP contribution in [0.4, 0.5) is 5.69 Å². The molecular formula is C16H17N3O3S. The molecule has 1 aliphatic heterocycles. The van der Waals surface area contributed by atoms with Crippen LogP contribution < -0.4 is 0 Å². The fourth-order valence-corrected chi connectivity index (χ4v) is 3.99. The lowest BCUT2D eigenvalue weighted by Gasteiger charge is -2.32. The van der Waals surface area contributed by atoms with Gasteiger partial charge in [0.2, 0.25) is 0 Å². The predicted molar refractivity (Wildman–Crippen MR) is 90.8 cm³/mol. The number of nitro benzene ring substituents is 1. The van der Waals surface area contributed by atoms with Gasteiger partial charge < -0.3 is 4.90 Å². The van der Waals surface area contributed by atoms with Gasteiger partial charge >= 0.3 is 0 Å². The first-order valence-electron chi connectivity index (χ1n) is 7.54. The SMILES string of the molecule is CC[C@@H]1CN(C(=O)c2ccc([N+](=O)[O-])c3cccnc23)CCS1. The van der Waals surface area contributed by atoms with E-state index in [0.717, 1.165) is 12.2 Å². The van der Waals surface area contributed by atoms with Gasteiger partial charge in [0.1, 0.15) is 0 Å². The van der Waals surface area contributed by atoms with Crippen LogP contribution >= 0.6 is 11.8 Å². The Morgan fingerprint density at radius 3 is 3.04 bits per heavy atom. The fourth-order valence-electron chi connectivity index (χ4n) is 2.81. The summed E-state index contributed by atoms with van der Waals surface area (Å²) in [7, 11) is 0. The summed E-state index contributed by atoms with van der Waals surface area (Å²) in [6, 6.07) is 6.21. The van der Waals surface area contributed by atoms with E-state index in [1.807, 2.05) is 16.7 Å². The van der Waals surface area contributed by atoms with E-state index in [9.17, 15) is 14.9 Å². The molecule has 1 amide bonds. The highest BCUT2D eigenvalue weighted by atomic mass is 32.2. The maximum Gasteiger partial charge on any atom is 0.278 e. The van der Waals surface area contributed by atoms with Gasteiger partial charge in [-0.1, -0.05) is 6.92 Å². The Morgan fingerprint density at radius 2 is 2.30 bits per heavy atom. The molecule has 0 aliphatic carbocycles. The second-order valence-corrected chi connectivity index (χ2v) is 6.85. The molecule has 7 heteroatoms. The molecule has 1 saturated heterocycles. The van der Waals surface area contributed by atoms with Crippen LogP contribution in [0.25, 0.3) is 10.9 Å². The van der Waals surface area contributed by atoms with Gasteiger partial charge in [0.25, 0.3) is 11.6 Å². The van der Waals surface area contributed by atoms with E-state index in [1.165, 1.54) is 12.1 Å². The summed E-state index contributed by atoms with van der Waals surface area (Å²) in [5.74, 6) is 0.824. The highest BCUT2D eigenvalue weighted by Gasteiger charge is 2.26. The molecule has 23 heavy (non-hydrogen) atoms. The average molecular weight is 331 g/mol. The number of carbonyl (C=O) groups excluding carboxylic acids is 1. The number of rotatable bonds is 3. The van der Waals surface area contributed by atoms with Crippen molar-refractivity contribution >= 4 is 34.3 Å². The van der Waals surface area contributed by atoms with Gasteiger partial charge in [-0.15, -0.1) is 0 Å². The molecular weight excluding hydrogens is 314 g/mol. The maximum absolute atomic E-state index is 12.9. The van der Waals surface area contributed by atoms with Crippen LogP contribution in [0, 0.1) is 10.1 Å². The Labute approximate surface area is 138 Å². The molecule has 2 aromatic rings. The fraction of sp³-hybridized carbons (Fsp3) is 0.375. The minimum absolute atomic E-state index is 0.0229. The van der Waals surface area contributed by atoms with Crippen molar-refractivity contribution < 1.29 is 9.72 Å². The number of pyridine rings is 1. The number of nitro groups is 1. The number of aromatic nitrogens is 1. The number of amides is 1. The van der Waals surface area contributed by atoms with E-state index in [0.29, 0.717) is 34.8 Å². The zero-order valence-electron chi connectivity index (χ0n) is 12.8. The molecule has 1 aromatic heterocycles. The van der Waals surface area contributed by atoms with Crippen molar-refractivity contribution in [3.63, 3.8) is 0 Å². The Kier molecular flexibility index (Phi) is 4.47. The molecule has 1 fully saturated rings. The summed E-state index contributed by atoms with van der Waals surface area (Å²) in [4.78, 5) is 29.6. The normalized spacial score (nSPS) is 18.1. The van der Waals surface area contributed by atoms with Gasteiger partial charge in [-0.05, 0) is 24.6 Å². The quantitative estimate of drug-likeness (QED) is 0.638. The van der Waals surface area contributed by atoms with E-state index in [-0.39, 0.29) is 11.6 Å². The number of nitrogens with zero attached hydrogens (tertiary/aromatic N) is 3. The van der Waals surface area contributed by atoms with Crippen molar-refractivity contribution in [2.75, 3.05) is 18.8 Å². The molecule has 3 rings (SSSR count). The molecule has 0 saturated carbocycles. The third-order valence-corrected chi connectivity index (χ3v) is 5.43. The molecule has 0 radical (unpaired) electrons. The molecule has 0 unspecified atom stereocenters. The highest BCUT2D eigenvalue weighted by Crippen LogP contribution is 2.29. The summed E-state index contributed by atoms with van der Waals surface area (Å²) in [6.07, 6.45) is 2.58. The van der Waals surface area contributed by atoms with Crippen molar-refractivity contribution in [3.8, 4) is 0 Å². The summed E-state index contributed by atoms with van der Waals surface area (Å²) < 4.78 is 0. The standard InChI is InChI=1S/C16H17N3O3S/c1-2-11-10-18(8-9-23-11)16(20)13-5-6-14(19(21)22)12-4-3-7-17-15(12)13/h3-7,11H,2,8-10H2,1H3/t11-/m1/s1. The zero-order valence-corrected chi connectivity index (χ0v) is 13.6. The number of fused-ring (bicyclic) bond motifs is 1. The molecule has 6 nitrogen and oxygen atoms in total. The smallest absolute Gasteiger partial charge is 0.278 e. The van der Waals surface area contributed by atoms with Crippen molar-refractivity contribution in [2.45, 2.75) is 18.6 Å². The molecule has 2 heterocycles. The third kappa shape index (κ3) is 3.01. The highest BCUT2D eigenvalue weighted by molar-refractivity contribution is 8.00. The summed E-state index contributed by atoms with van der Waals surface area (Å²) in [5.41, 5.74) is 0.816.